The van der Waals surface area contributed by atoms with Crippen LogP contribution < -0.4 is 4.74 Å². The molecule has 18 heavy (non-hydrogen) atoms. The van der Waals surface area contributed by atoms with Crippen molar-refractivity contribution in [3.8, 4) is 17.6 Å². The molecule has 0 aliphatic rings. The first-order valence-electron chi connectivity index (χ1n) is 4.93. The first kappa shape index (κ1) is 13.2. The Morgan fingerprint density at radius 2 is 1.89 bits per heavy atom. The van der Waals surface area contributed by atoms with Crippen LogP contribution in [0.25, 0.3) is 0 Å². The van der Waals surface area contributed by atoms with Crippen LogP contribution in [0.1, 0.15) is 5.56 Å². The van der Waals surface area contributed by atoms with Gasteiger partial charge in [0.15, 0.2) is 0 Å². The van der Waals surface area contributed by atoms with Crippen LogP contribution in [0.3, 0.4) is 0 Å². The summed E-state index contributed by atoms with van der Waals surface area (Å²) < 4.78 is 6.42. The Morgan fingerprint density at radius 1 is 1.11 bits per heavy atom. The second kappa shape index (κ2) is 5.62. The van der Waals surface area contributed by atoms with Crippen LogP contribution in [-0.4, -0.2) is 0 Å². The molecule has 0 heterocycles. The number of rotatable bonds is 2. The monoisotopic (exact) mass is 341 g/mol. The van der Waals surface area contributed by atoms with Crippen LogP contribution in [0.4, 0.5) is 0 Å². The molecule has 2 aromatic carbocycles. The lowest BCUT2D eigenvalue weighted by Gasteiger charge is -2.09. The fourth-order valence-electron chi connectivity index (χ4n) is 1.36. The Morgan fingerprint density at radius 3 is 2.61 bits per heavy atom. The molecule has 0 aliphatic heterocycles. The van der Waals surface area contributed by atoms with Crippen molar-refractivity contribution in [3.63, 3.8) is 0 Å². The molecule has 0 saturated heterocycles. The molecule has 0 aromatic heterocycles. The van der Waals surface area contributed by atoms with Gasteiger partial charge in [0.25, 0.3) is 0 Å². The van der Waals surface area contributed by atoms with Crippen LogP contribution in [0.5, 0.6) is 11.5 Å². The molecule has 0 atom stereocenters. The highest BCUT2D eigenvalue weighted by atomic mass is 79.9. The zero-order valence-electron chi connectivity index (χ0n) is 8.95. The van der Waals surface area contributed by atoms with Crippen LogP contribution in [-0.2, 0) is 0 Å². The van der Waals surface area contributed by atoms with Gasteiger partial charge in [0.05, 0.1) is 10.6 Å². The number of nitriles is 1. The van der Waals surface area contributed by atoms with Crippen molar-refractivity contribution >= 4 is 39.1 Å². The van der Waals surface area contributed by atoms with E-state index in [1.165, 1.54) is 0 Å². The molecule has 0 bridgehead atoms. The van der Waals surface area contributed by atoms with E-state index in [4.69, 9.17) is 33.2 Å². The van der Waals surface area contributed by atoms with Gasteiger partial charge in [-0.2, -0.15) is 5.26 Å². The molecule has 0 amide bonds. The summed E-state index contributed by atoms with van der Waals surface area (Å²) in [7, 11) is 0. The maximum Gasteiger partial charge on any atom is 0.147 e. The number of hydrogen-bond donors (Lipinski definition) is 0. The van der Waals surface area contributed by atoms with E-state index in [-0.39, 0.29) is 0 Å². The van der Waals surface area contributed by atoms with Gasteiger partial charge in [-0.1, -0.05) is 45.2 Å². The van der Waals surface area contributed by atoms with E-state index < -0.39 is 0 Å². The van der Waals surface area contributed by atoms with Crippen LogP contribution in [0.15, 0.2) is 40.9 Å². The molecule has 0 spiro atoms. The van der Waals surface area contributed by atoms with Gasteiger partial charge in [0.2, 0.25) is 0 Å². The number of ether oxygens (including phenoxy) is 1. The maximum atomic E-state index is 9.03. The summed E-state index contributed by atoms with van der Waals surface area (Å²) in [6.07, 6.45) is 0. The van der Waals surface area contributed by atoms with E-state index in [0.717, 1.165) is 4.47 Å². The summed E-state index contributed by atoms with van der Waals surface area (Å²) >= 11 is 15.2. The molecule has 2 aromatic rings. The molecule has 0 N–H and O–H groups in total. The lowest BCUT2D eigenvalue weighted by atomic mass is 10.2. The van der Waals surface area contributed by atoms with Gasteiger partial charge in [-0.3, -0.25) is 0 Å². The predicted octanol–water partition coefficient (Wildman–Crippen LogP) is 5.42. The molecule has 0 aliphatic carbocycles. The second-order valence-electron chi connectivity index (χ2n) is 3.41. The minimum absolute atomic E-state index is 0.325. The predicted molar refractivity (Wildman–Crippen MR) is 75.4 cm³/mol. The van der Waals surface area contributed by atoms with Crippen LogP contribution in [0.2, 0.25) is 10.0 Å². The fraction of sp³-hybridized carbons (Fsp3) is 0. The summed E-state index contributed by atoms with van der Waals surface area (Å²) in [6.45, 7) is 0. The summed E-state index contributed by atoms with van der Waals surface area (Å²) in [5.41, 5.74) is 0.417. The van der Waals surface area contributed by atoms with Gasteiger partial charge >= 0.3 is 0 Å². The molecular formula is C13H6BrCl2NO. The molecule has 5 heteroatoms. The topological polar surface area (TPSA) is 33.0 Å². The first-order valence-corrected chi connectivity index (χ1v) is 6.48. The van der Waals surface area contributed by atoms with Crippen LogP contribution >= 0.6 is 39.1 Å². The Kier molecular flexibility index (Phi) is 4.13. The molecule has 2 rings (SSSR count). The van der Waals surface area contributed by atoms with E-state index >= 15 is 0 Å². The molecule has 90 valence electrons. The highest BCUT2D eigenvalue weighted by Crippen LogP contribution is 2.36. The van der Waals surface area contributed by atoms with E-state index in [9.17, 15) is 0 Å². The SMILES string of the molecule is N#Cc1cc(Br)ccc1Oc1cccc(Cl)c1Cl. The van der Waals surface area contributed by atoms with Crippen LogP contribution in [0, 0.1) is 11.3 Å². The van der Waals surface area contributed by atoms with E-state index in [2.05, 4.69) is 22.0 Å². The number of benzene rings is 2. The molecule has 0 radical (unpaired) electrons. The summed E-state index contributed by atoms with van der Waals surface area (Å²) in [6, 6.07) is 12.3. The molecule has 2 nitrogen and oxygen atoms in total. The first-order chi connectivity index (χ1) is 8.61. The molecule has 0 saturated carbocycles. The smallest absolute Gasteiger partial charge is 0.147 e. The van der Waals surface area contributed by atoms with Gasteiger partial charge in [-0.15, -0.1) is 0 Å². The van der Waals surface area contributed by atoms with Gasteiger partial charge in [-0.25, -0.2) is 0 Å². The average Bonchev–Trinajstić information content (AvgIpc) is 2.37. The second-order valence-corrected chi connectivity index (χ2v) is 5.11. The maximum absolute atomic E-state index is 9.03. The summed E-state index contributed by atoms with van der Waals surface area (Å²) in [5, 5.41) is 9.77. The van der Waals surface area contributed by atoms with Crippen molar-refractivity contribution in [2.45, 2.75) is 0 Å². The summed E-state index contributed by atoms with van der Waals surface area (Å²) in [4.78, 5) is 0. The zero-order chi connectivity index (χ0) is 13.1. The Balaban J connectivity index is 2.41. The Bertz CT molecular complexity index is 637. The zero-order valence-corrected chi connectivity index (χ0v) is 12.1. The summed E-state index contributed by atoms with van der Waals surface area (Å²) in [5.74, 6) is 0.854. The minimum Gasteiger partial charge on any atom is -0.454 e. The van der Waals surface area contributed by atoms with Crippen molar-refractivity contribution in [2.24, 2.45) is 0 Å². The van der Waals surface area contributed by atoms with Crippen molar-refractivity contribution < 1.29 is 4.74 Å². The molecular weight excluding hydrogens is 337 g/mol. The third kappa shape index (κ3) is 2.78. The standard InChI is InChI=1S/C13H6BrCl2NO/c14-9-4-5-11(8(6-9)7-17)18-12-3-1-2-10(15)13(12)16/h1-6H. The van der Waals surface area contributed by atoms with E-state index in [0.29, 0.717) is 27.1 Å². The quantitative estimate of drug-likeness (QED) is 0.730. The molecule has 0 fully saturated rings. The highest BCUT2D eigenvalue weighted by Gasteiger charge is 2.10. The minimum atomic E-state index is 0.325. The Labute approximate surface area is 123 Å². The van der Waals surface area contributed by atoms with Crippen molar-refractivity contribution in [3.05, 3.63) is 56.5 Å². The number of nitrogens with zero attached hydrogens (tertiary/aromatic N) is 1. The third-order valence-corrected chi connectivity index (χ3v) is 3.49. The van der Waals surface area contributed by atoms with E-state index in [1.807, 2.05) is 0 Å². The fourth-order valence-corrected chi connectivity index (χ4v) is 2.05. The van der Waals surface area contributed by atoms with Crippen molar-refractivity contribution in [1.29, 1.82) is 5.26 Å². The van der Waals surface area contributed by atoms with Crippen molar-refractivity contribution in [2.75, 3.05) is 0 Å². The van der Waals surface area contributed by atoms with Gasteiger partial charge in [0.1, 0.15) is 22.6 Å². The number of halogens is 3. The highest BCUT2D eigenvalue weighted by molar-refractivity contribution is 9.10. The van der Waals surface area contributed by atoms with Gasteiger partial charge in [-0.05, 0) is 30.3 Å². The Hall–Kier alpha value is -1.21. The normalized spacial score (nSPS) is 9.89. The largest absolute Gasteiger partial charge is 0.454 e. The molecule has 0 unspecified atom stereocenters. The third-order valence-electron chi connectivity index (χ3n) is 2.20. The number of hydrogen-bond acceptors (Lipinski definition) is 2. The lowest BCUT2D eigenvalue weighted by molar-refractivity contribution is 0.481. The average molecular weight is 343 g/mol. The van der Waals surface area contributed by atoms with Gasteiger partial charge in [0, 0.05) is 4.47 Å². The van der Waals surface area contributed by atoms with E-state index in [1.54, 1.807) is 36.4 Å². The van der Waals surface area contributed by atoms with Crippen molar-refractivity contribution in [1.82, 2.24) is 0 Å². The van der Waals surface area contributed by atoms with Gasteiger partial charge < -0.3 is 4.74 Å². The lowest BCUT2D eigenvalue weighted by Crippen LogP contribution is -1.89.